The van der Waals surface area contributed by atoms with Crippen molar-refractivity contribution in [3.8, 4) is 11.6 Å². The Balaban J connectivity index is 2.10. The molecule has 0 radical (unpaired) electrons. The van der Waals surface area contributed by atoms with Crippen molar-refractivity contribution in [2.75, 3.05) is 5.73 Å². The van der Waals surface area contributed by atoms with Crippen molar-refractivity contribution in [3.05, 3.63) is 48.4 Å². The molecule has 2 N–H and O–H groups in total. The molecule has 0 aliphatic carbocycles. The van der Waals surface area contributed by atoms with Crippen LogP contribution in [0.25, 0.3) is 5.65 Å². The van der Waals surface area contributed by atoms with Crippen molar-refractivity contribution in [3.63, 3.8) is 0 Å². The Labute approximate surface area is 106 Å². The summed E-state index contributed by atoms with van der Waals surface area (Å²) in [7, 11) is 0. The highest BCUT2D eigenvalue weighted by atomic mass is 19.2. The predicted octanol–water partition coefficient (Wildman–Crippen LogP) is 2.38. The highest BCUT2D eigenvalue weighted by Gasteiger charge is 2.14. The van der Waals surface area contributed by atoms with E-state index in [0.29, 0.717) is 5.65 Å². The first kappa shape index (κ1) is 11.4. The van der Waals surface area contributed by atoms with Gasteiger partial charge in [-0.25, -0.2) is 9.37 Å². The Kier molecular flexibility index (Phi) is 2.52. The van der Waals surface area contributed by atoms with Crippen molar-refractivity contribution in [2.24, 2.45) is 0 Å². The minimum atomic E-state index is -1.09. The van der Waals surface area contributed by atoms with Crippen LogP contribution in [0.3, 0.4) is 0 Å². The summed E-state index contributed by atoms with van der Waals surface area (Å²) >= 11 is 0. The van der Waals surface area contributed by atoms with Crippen molar-refractivity contribution in [1.29, 1.82) is 0 Å². The average Bonchev–Trinajstić information content (AvgIpc) is 2.83. The van der Waals surface area contributed by atoms with Gasteiger partial charge in [0.05, 0.1) is 6.20 Å². The lowest BCUT2D eigenvalue weighted by Crippen LogP contribution is -2.00. The van der Waals surface area contributed by atoms with Crippen LogP contribution in [0.1, 0.15) is 0 Å². The van der Waals surface area contributed by atoms with Gasteiger partial charge in [-0.15, -0.1) is 0 Å². The fourth-order valence-corrected chi connectivity index (χ4v) is 1.66. The van der Waals surface area contributed by atoms with Gasteiger partial charge in [-0.1, -0.05) is 6.07 Å². The van der Waals surface area contributed by atoms with Crippen LogP contribution in [-0.2, 0) is 0 Å². The number of nitrogens with two attached hydrogens (primary N) is 1. The number of imidazole rings is 1. The number of aromatic nitrogens is 3. The van der Waals surface area contributed by atoms with E-state index in [-0.39, 0.29) is 17.4 Å². The molecule has 0 bridgehead atoms. The zero-order chi connectivity index (χ0) is 13.4. The van der Waals surface area contributed by atoms with E-state index in [2.05, 4.69) is 9.97 Å². The summed E-state index contributed by atoms with van der Waals surface area (Å²) in [5, 5.41) is 0. The van der Waals surface area contributed by atoms with Gasteiger partial charge in [0.15, 0.2) is 11.6 Å². The van der Waals surface area contributed by atoms with Crippen LogP contribution in [0.5, 0.6) is 11.6 Å². The van der Waals surface area contributed by atoms with E-state index in [1.807, 2.05) is 0 Å². The summed E-state index contributed by atoms with van der Waals surface area (Å²) in [5.74, 6) is -2.17. The molecule has 7 heteroatoms. The smallest absolute Gasteiger partial charge is 0.265 e. The molecular formula is C12H8F2N4O. The van der Waals surface area contributed by atoms with E-state index < -0.39 is 11.6 Å². The molecule has 5 nitrogen and oxygen atoms in total. The SMILES string of the molecule is Nc1cn2ccnc2c(Oc2cccc(F)c2F)n1. The number of nitrogen functional groups attached to an aromatic ring is 1. The van der Waals surface area contributed by atoms with Gasteiger partial charge in [-0.05, 0) is 12.1 Å². The number of anilines is 1. The third-order valence-electron chi connectivity index (χ3n) is 2.48. The number of hydrogen-bond acceptors (Lipinski definition) is 4. The zero-order valence-electron chi connectivity index (χ0n) is 9.55. The lowest BCUT2D eigenvalue weighted by molar-refractivity contribution is 0.407. The van der Waals surface area contributed by atoms with E-state index in [9.17, 15) is 8.78 Å². The summed E-state index contributed by atoms with van der Waals surface area (Å²) in [6.07, 6.45) is 4.70. The average molecular weight is 262 g/mol. The minimum absolute atomic E-state index is 0.00880. The van der Waals surface area contributed by atoms with Gasteiger partial charge in [0, 0.05) is 12.4 Å². The summed E-state index contributed by atoms with van der Waals surface area (Å²) in [6.45, 7) is 0. The second-order valence-corrected chi connectivity index (χ2v) is 3.78. The molecule has 0 saturated heterocycles. The van der Waals surface area contributed by atoms with E-state index in [1.54, 1.807) is 10.6 Å². The van der Waals surface area contributed by atoms with Gasteiger partial charge in [0.25, 0.3) is 5.88 Å². The van der Waals surface area contributed by atoms with Crippen molar-refractivity contribution in [2.45, 2.75) is 0 Å². The Morgan fingerprint density at radius 2 is 2.11 bits per heavy atom. The van der Waals surface area contributed by atoms with Crippen LogP contribution < -0.4 is 10.5 Å². The molecule has 0 amide bonds. The normalized spacial score (nSPS) is 10.8. The number of hydrogen-bond donors (Lipinski definition) is 1. The molecule has 0 aliphatic heterocycles. The number of nitrogens with zero attached hydrogens (tertiary/aromatic N) is 3. The van der Waals surface area contributed by atoms with Crippen LogP contribution in [0, 0.1) is 11.6 Å². The fraction of sp³-hybridized carbons (Fsp3) is 0. The van der Waals surface area contributed by atoms with E-state index in [1.165, 1.54) is 24.5 Å². The maximum absolute atomic E-state index is 13.5. The highest BCUT2D eigenvalue weighted by molar-refractivity contribution is 5.54. The lowest BCUT2D eigenvalue weighted by atomic mass is 10.3. The maximum Gasteiger partial charge on any atom is 0.265 e. The summed E-state index contributed by atoms with van der Waals surface area (Å²) in [4.78, 5) is 7.93. The number of ether oxygens (including phenoxy) is 1. The van der Waals surface area contributed by atoms with Gasteiger partial charge in [0.2, 0.25) is 11.5 Å². The first-order valence-electron chi connectivity index (χ1n) is 5.36. The summed E-state index contributed by atoms with van der Waals surface area (Å²) in [6, 6.07) is 3.63. The molecule has 96 valence electrons. The van der Waals surface area contributed by atoms with E-state index >= 15 is 0 Å². The molecule has 0 unspecified atom stereocenters. The van der Waals surface area contributed by atoms with Gasteiger partial charge in [-0.2, -0.15) is 9.37 Å². The van der Waals surface area contributed by atoms with Crippen molar-refractivity contribution in [1.82, 2.24) is 14.4 Å². The summed E-state index contributed by atoms with van der Waals surface area (Å²) in [5.41, 5.74) is 5.96. The molecule has 3 aromatic rings. The van der Waals surface area contributed by atoms with Crippen molar-refractivity contribution < 1.29 is 13.5 Å². The second kappa shape index (κ2) is 4.20. The molecule has 0 saturated carbocycles. The molecule has 0 aliphatic rings. The van der Waals surface area contributed by atoms with Gasteiger partial charge in [-0.3, -0.25) is 4.40 Å². The molecule has 3 rings (SSSR count). The van der Waals surface area contributed by atoms with Crippen molar-refractivity contribution >= 4 is 11.5 Å². The molecule has 2 aromatic heterocycles. The first-order valence-corrected chi connectivity index (χ1v) is 5.36. The van der Waals surface area contributed by atoms with Crippen LogP contribution in [0.2, 0.25) is 0 Å². The molecule has 0 atom stereocenters. The Morgan fingerprint density at radius 1 is 1.26 bits per heavy atom. The van der Waals surface area contributed by atoms with Gasteiger partial charge >= 0.3 is 0 Å². The number of fused-ring (bicyclic) bond motifs is 1. The minimum Gasteiger partial charge on any atom is -0.433 e. The predicted molar refractivity (Wildman–Crippen MR) is 63.8 cm³/mol. The quantitative estimate of drug-likeness (QED) is 0.770. The van der Waals surface area contributed by atoms with E-state index in [0.717, 1.165) is 6.07 Å². The molecule has 1 aromatic carbocycles. The molecule has 0 spiro atoms. The van der Waals surface area contributed by atoms with E-state index in [4.69, 9.17) is 10.5 Å². The lowest BCUT2D eigenvalue weighted by Gasteiger charge is -2.07. The van der Waals surface area contributed by atoms with Crippen LogP contribution >= 0.6 is 0 Å². The molecule has 2 heterocycles. The third-order valence-corrected chi connectivity index (χ3v) is 2.48. The van der Waals surface area contributed by atoms with Crippen LogP contribution in [0.15, 0.2) is 36.8 Å². The first-order chi connectivity index (χ1) is 9.15. The Bertz CT molecular complexity index is 757. The standard InChI is InChI=1S/C12H8F2N4O/c13-7-2-1-3-8(10(7)14)19-12-11-16-4-5-18(11)6-9(15)17-12/h1-6H,15H2. The molecule has 19 heavy (non-hydrogen) atoms. The summed E-state index contributed by atoms with van der Waals surface area (Å²) < 4.78 is 33.5. The van der Waals surface area contributed by atoms with Gasteiger partial charge < -0.3 is 10.5 Å². The topological polar surface area (TPSA) is 65.4 Å². The molecule has 0 fully saturated rings. The number of benzene rings is 1. The largest absolute Gasteiger partial charge is 0.433 e. The number of rotatable bonds is 2. The number of halogens is 2. The van der Waals surface area contributed by atoms with Crippen LogP contribution in [-0.4, -0.2) is 14.4 Å². The molecular weight excluding hydrogens is 254 g/mol. The third kappa shape index (κ3) is 1.95. The second-order valence-electron chi connectivity index (χ2n) is 3.78. The van der Waals surface area contributed by atoms with Gasteiger partial charge in [0.1, 0.15) is 5.82 Å². The Hall–Kier alpha value is -2.70. The Morgan fingerprint density at radius 3 is 2.95 bits per heavy atom. The van der Waals surface area contributed by atoms with Crippen LogP contribution in [0.4, 0.5) is 14.6 Å². The highest BCUT2D eigenvalue weighted by Crippen LogP contribution is 2.27. The maximum atomic E-state index is 13.5. The fourth-order valence-electron chi connectivity index (χ4n) is 1.66. The zero-order valence-corrected chi connectivity index (χ0v) is 9.55. The monoisotopic (exact) mass is 262 g/mol.